The minimum Gasteiger partial charge on any atom is -0.354 e. The highest BCUT2D eigenvalue weighted by atomic mass is 16.1. The Hall–Kier alpha value is -2.98. The minimum absolute atomic E-state index is 0.0470. The molecular formula is C24H27N3O. The van der Waals surface area contributed by atoms with Crippen LogP contribution in [0.2, 0.25) is 0 Å². The van der Waals surface area contributed by atoms with Gasteiger partial charge in [0.1, 0.15) is 0 Å². The maximum absolute atomic E-state index is 13.2. The van der Waals surface area contributed by atoms with E-state index >= 15 is 0 Å². The minimum atomic E-state index is -0.234. The second-order valence-electron chi connectivity index (χ2n) is 7.16. The first-order chi connectivity index (χ1) is 13.6. The highest BCUT2D eigenvalue weighted by Crippen LogP contribution is 2.22. The Morgan fingerprint density at radius 3 is 2.04 bits per heavy atom. The third-order valence-corrected chi connectivity index (χ3v) is 4.98. The van der Waals surface area contributed by atoms with Gasteiger partial charge >= 0.3 is 0 Å². The topological polar surface area (TPSA) is 45.2 Å². The molecule has 28 heavy (non-hydrogen) atoms. The van der Waals surface area contributed by atoms with Gasteiger partial charge in [-0.15, -0.1) is 0 Å². The molecule has 0 aliphatic carbocycles. The van der Waals surface area contributed by atoms with Gasteiger partial charge in [-0.05, 0) is 49.3 Å². The number of hydrogen-bond acceptors (Lipinski definition) is 3. The maximum Gasteiger partial charge on any atom is 0.227 e. The molecule has 1 heterocycles. The van der Waals surface area contributed by atoms with Crippen molar-refractivity contribution >= 4 is 5.91 Å². The second-order valence-corrected chi connectivity index (χ2v) is 7.16. The Labute approximate surface area is 167 Å². The van der Waals surface area contributed by atoms with E-state index < -0.39 is 0 Å². The zero-order valence-electron chi connectivity index (χ0n) is 16.5. The number of nitrogens with zero attached hydrogens (tertiary/aromatic N) is 2. The summed E-state index contributed by atoms with van der Waals surface area (Å²) in [5.74, 6) is -0.187. The zero-order valence-corrected chi connectivity index (χ0v) is 16.5. The van der Waals surface area contributed by atoms with E-state index in [1.165, 1.54) is 5.56 Å². The Morgan fingerprint density at radius 1 is 0.893 bits per heavy atom. The number of amides is 1. The summed E-state index contributed by atoms with van der Waals surface area (Å²) < 4.78 is 0. The standard InChI is InChI=1S/C24H27N3O/c1-27(2)23(21-11-7-4-8-12-21)18-26-24(28)22(20-9-5-3-6-10-20)17-19-13-15-25-16-14-19/h3-16,22-23H,17-18H2,1-2H3,(H,26,28). The molecular weight excluding hydrogens is 346 g/mol. The van der Waals surface area contributed by atoms with Crippen molar-refractivity contribution in [3.8, 4) is 0 Å². The fraction of sp³-hybridized carbons (Fsp3) is 0.250. The van der Waals surface area contributed by atoms with Crippen LogP contribution in [0.25, 0.3) is 0 Å². The molecule has 0 aliphatic rings. The van der Waals surface area contributed by atoms with E-state index in [9.17, 15) is 4.79 Å². The fourth-order valence-corrected chi connectivity index (χ4v) is 3.40. The second kappa shape index (κ2) is 9.81. The average Bonchev–Trinajstić information content (AvgIpc) is 2.74. The number of rotatable bonds is 8. The van der Waals surface area contributed by atoms with E-state index in [-0.39, 0.29) is 17.9 Å². The van der Waals surface area contributed by atoms with E-state index in [2.05, 4.69) is 27.3 Å². The molecule has 0 aliphatic heterocycles. The monoisotopic (exact) mass is 373 g/mol. The van der Waals surface area contributed by atoms with Crippen LogP contribution in [-0.2, 0) is 11.2 Å². The lowest BCUT2D eigenvalue weighted by molar-refractivity contribution is -0.122. The number of carbonyl (C=O) groups excluding carboxylic acids is 1. The Balaban J connectivity index is 1.75. The summed E-state index contributed by atoms with van der Waals surface area (Å²) in [6, 6.07) is 24.3. The largest absolute Gasteiger partial charge is 0.354 e. The van der Waals surface area contributed by atoms with Crippen LogP contribution < -0.4 is 5.32 Å². The van der Waals surface area contributed by atoms with Crippen molar-refractivity contribution in [3.63, 3.8) is 0 Å². The van der Waals surface area contributed by atoms with Crippen molar-refractivity contribution in [2.45, 2.75) is 18.4 Å². The maximum atomic E-state index is 13.2. The third-order valence-electron chi connectivity index (χ3n) is 4.98. The first-order valence-corrected chi connectivity index (χ1v) is 9.58. The van der Waals surface area contributed by atoms with Crippen molar-refractivity contribution in [3.05, 3.63) is 102 Å². The highest BCUT2D eigenvalue weighted by Gasteiger charge is 2.23. The summed E-state index contributed by atoms with van der Waals surface area (Å²) in [4.78, 5) is 19.4. The van der Waals surface area contributed by atoms with Gasteiger partial charge in [0.2, 0.25) is 5.91 Å². The van der Waals surface area contributed by atoms with Crippen LogP contribution >= 0.6 is 0 Å². The first-order valence-electron chi connectivity index (χ1n) is 9.58. The van der Waals surface area contributed by atoms with Crippen molar-refractivity contribution in [2.24, 2.45) is 0 Å². The molecule has 144 valence electrons. The SMILES string of the molecule is CN(C)C(CNC(=O)C(Cc1ccncc1)c1ccccc1)c1ccccc1. The number of carbonyl (C=O) groups is 1. The Morgan fingerprint density at radius 2 is 1.46 bits per heavy atom. The van der Waals surface area contributed by atoms with Crippen LogP contribution in [0.4, 0.5) is 0 Å². The number of benzene rings is 2. The number of aromatic nitrogens is 1. The van der Waals surface area contributed by atoms with Gasteiger partial charge in [0.05, 0.1) is 12.0 Å². The zero-order chi connectivity index (χ0) is 19.8. The van der Waals surface area contributed by atoms with Gasteiger partial charge in [-0.1, -0.05) is 60.7 Å². The van der Waals surface area contributed by atoms with Crippen LogP contribution in [-0.4, -0.2) is 36.4 Å². The molecule has 1 N–H and O–H groups in total. The number of nitrogens with one attached hydrogen (secondary N) is 1. The summed E-state index contributed by atoms with van der Waals surface area (Å²) in [5, 5.41) is 3.19. The van der Waals surface area contributed by atoms with Gasteiger partial charge in [-0.25, -0.2) is 0 Å². The summed E-state index contributed by atoms with van der Waals surface area (Å²) in [6.45, 7) is 0.565. The molecule has 1 aromatic heterocycles. The van der Waals surface area contributed by atoms with Crippen LogP contribution in [0.15, 0.2) is 85.2 Å². The summed E-state index contributed by atoms with van der Waals surface area (Å²) in [5.41, 5.74) is 3.32. The Kier molecular flexibility index (Phi) is 6.93. The smallest absolute Gasteiger partial charge is 0.227 e. The lowest BCUT2D eigenvalue weighted by Crippen LogP contribution is -2.37. The van der Waals surface area contributed by atoms with Gasteiger partial charge in [0.25, 0.3) is 0 Å². The summed E-state index contributed by atoms with van der Waals surface area (Å²) >= 11 is 0. The van der Waals surface area contributed by atoms with Gasteiger partial charge in [-0.2, -0.15) is 0 Å². The van der Waals surface area contributed by atoms with Gasteiger partial charge in [0.15, 0.2) is 0 Å². The molecule has 0 saturated carbocycles. The molecule has 4 heteroatoms. The summed E-state index contributed by atoms with van der Waals surface area (Å²) in [7, 11) is 4.07. The molecule has 0 fully saturated rings. The van der Waals surface area contributed by atoms with Crippen molar-refractivity contribution in [1.29, 1.82) is 0 Å². The van der Waals surface area contributed by atoms with Gasteiger partial charge in [-0.3, -0.25) is 9.78 Å². The number of hydrogen-bond donors (Lipinski definition) is 1. The molecule has 0 saturated heterocycles. The van der Waals surface area contributed by atoms with Crippen LogP contribution in [0.5, 0.6) is 0 Å². The molecule has 3 rings (SSSR count). The third kappa shape index (κ3) is 5.27. The quantitative estimate of drug-likeness (QED) is 0.653. The van der Waals surface area contributed by atoms with E-state index in [1.54, 1.807) is 12.4 Å². The lowest BCUT2D eigenvalue weighted by Gasteiger charge is -2.26. The molecule has 1 amide bonds. The van der Waals surface area contributed by atoms with Gasteiger partial charge in [0, 0.05) is 18.9 Å². The van der Waals surface area contributed by atoms with Crippen molar-refractivity contribution in [2.75, 3.05) is 20.6 Å². The molecule has 0 spiro atoms. The lowest BCUT2D eigenvalue weighted by atomic mass is 9.91. The van der Waals surface area contributed by atoms with Crippen molar-refractivity contribution in [1.82, 2.24) is 15.2 Å². The van der Waals surface area contributed by atoms with Crippen LogP contribution in [0.3, 0.4) is 0 Å². The Bertz CT molecular complexity index is 851. The highest BCUT2D eigenvalue weighted by molar-refractivity contribution is 5.84. The molecule has 2 atom stereocenters. The van der Waals surface area contributed by atoms with Crippen molar-refractivity contribution < 1.29 is 4.79 Å². The van der Waals surface area contributed by atoms with E-state index in [0.717, 1.165) is 11.1 Å². The predicted octanol–water partition coefficient (Wildman–Crippen LogP) is 3.83. The molecule has 0 radical (unpaired) electrons. The molecule has 0 bridgehead atoms. The van der Waals surface area contributed by atoms with Crippen LogP contribution in [0, 0.1) is 0 Å². The first kappa shape index (κ1) is 19.8. The summed E-state index contributed by atoms with van der Waals surface area (Å²) in [6.07, 6.45) is 4.19. The van der Waals surface area contributed by atoms with Gasteiger partial charge < -0.3 is 10.2 Å². The normalized spacial score (nSPS) is 13.1. The van der Waals surface area contributed by atoms with E-state index in [1.807, 2.05) is 74.8 Å². The predicted molar refractivity (Wildman–Crippen MR) is 113 cm³/mol. The molecule has 4 nitrogen and oxygen atoms in total. The van der Waals surface area contributed by atoms with Crippen LogP contribution in [0.1, 0.15) is 28.7 Å². The number of likely N-dealkylation sites (N-methyl/N-ethyl adjacent to an activating group) is 1. The number of pyridine rings is 1. The van der Waals surface area contributed by atoms with E-state index in [4.69, 9.17) is 0 Å². The fourth-order valence-electron chi connectivity index (χ4n) is 3.40. The average molecular weight is 374 g/mol. The molecule has 2 aromatic carbocycles. The molecule has 3 aromatic rings. The molecule has 2 unspecified atom stereocenters. The van der Waals surface area contributed by atoms with E-state index in [0.29, 0.717) is 13.0 Å².